The number of halogens is 2. The van der Waals surface area contributed by atoms with Crippen molar-refractivity contribution in [2.45, 2.75) is 50.6 Å². The van der Waals surface area contributed by atoms with E-state index in [1.807, 2.05) is 12.1 Å². The van der Waals surface area contributed by atoms with Gasteiger partial charge >= 0.3 is 0 Å². The number of nitrogens with one attached hydrogen (secondary N) is 1. The van der Waals surface area contributed by atoms with Crippen molar-refractivity contribution in [2.24, 2.45) is 5.92 Å². The minimum absolute atomic E-state index is 0. The Bertz CT molecular complexity index is 384. The molecule has 0 radical (unpaired) electrons. The molecule has 1 N–H and O–H groups in total. The maximum absolute atomic E-state index is 13.5. The Hall–Kier alpha value is -0.600. The first-order chi connectivity index (χ1) is 8.31. The molecule has 0 aliphatic carbocycles. The summed E-state index contributed by atoms with van der Waals surface area (Å²) in [5.41, 5.74) is 0.887. The van der Waals surface area contributed by atoms with Gasteiger partial charge in [0.25, 0.3) is 0 Å². The monoisotopic (exact) mass is 269 g/mol. The van der Waals surface area contributed by atoms with Crippen LogP contribution >= 0.6 is 12.4 Å². The second kappa shape index (κ2) is 6.03. The van der Waals surface area contributed by atoms with Crippen molar-refractivity contribution in [1.29, 1.82) is 0 Å². The van der Waals surface area contributed by atoms with Gasteiger partial charge in [0.2, 0.25) is 0 Å². The lowest BCUT2D eigenvalue weighted by atomic mass is 9.87. The van der Waals surface area contributed by atoms with Gasteiger partial charge in [-0.3, -0.25) is 0 Å². The first-order valence-electron chi connectivity index (χ1n) is 6.80. The zero-order valence-corrected chi connectivity index (χ0v) is 11.4. The highest BCUT2D eigenvalue weighted by molar-refractivity contribution is 5.85. The fraction of sp³-hybridized carbons (Fsp3) is 0.600. The Morgan fingerprint density at radius 3 is 2.44 bits per heavy atom. The van der Waals surface area contributed by atoms with Crippen LogP contribution in [0.2, 0.25) is 0 Å². The third kappa shape index (κ3) is 3.04. The molecule has 0 amide bonds. The maximum atomic E-state index is 13.5. The summed E-state index contributed by atoms with van der Waals surface area (Å²) in [5.74, 6) is 0.762. The SMILES string of the molecule is Cl.Fc1ccccc1CCC1C[C@H]2CC[C@@H](C1)N2. The van der Waals surface area contributed by atoms with Gasteiger partial charge in [0.15, 0.2) is 0 Å². The van der Waals surface area contributed by atoms with E-state index in [9.17, 15) is 4.39 Å². The lowest BCUT2D eigenvalue weighted by molar-refractivity contribution is 0.285. The lowest BCUT2D eigenvalue weighted by Crippen LogP contribution is -2.38. The van der Waals surface area contributed by atoms with Gasteiger partial charge in [-0.15, -0.1) is 12.4 Å². The van der Waals surface area contributed by atoms with Crippen molar-refractivity contribution in [3.05, 3.63) is 35.6 Å². The van der Waals surface area contributed by atoms with Gasteiger partial charge in [0.05, 0.1) is 0 Å². The number of aryl methyl sites for hydroxylation is 1. The number of piperidine rings is 1. The zero-order valence-electron chi connectivity index (χ0n) is 10.6. The minimum atomic E-state index is -0.0376. The summed E-state index contributed by atoms with van der Waals surface area (Å²) in [7, 11) is 0. The van der Waals surface area contributed by atoms with Crippen LogP contribution in [-0.2, 0) is 6.42 Å². The maximum Gasteiger partial charge on any atom is 0.126 e. The standard InChI is InChI=1S/C15H20FN.ClH/c16-15-4-2-1-3-12(15)6-5-11-9-13-7-8-14(10-11)17-13;/h1-4,11,13-14,17H,5-10H2;1H/t11?,13-,14+;. The molecular weight excluding hydrogens is 249 g/mol. The predicted octanol–water partition coefficient (Wildman–Crippen LogP) is 3.71. The van der Waals surface area contributed by atoms with Crippen molar-refractivity contribution in [3.8, 4) is 0 Å². The first kappa shape index (κ1) is 13.8. The summed E-state index contributed by atoms with van der Waals surface area (Å²) in [6.07, 6.45) is 7.34. The fourth-order valence-corrected chi connectivity index (χ4v) is 3.47. The molecular formula is C15H21ClFN. The Kier molecular flexibility index (Phi) is 4.63. The van der Waals surface area contributed by atoms with Gasteiger partial charge in [0, 0.05) is 12.1 Å². The number of fused-ring (bicyclic) bond motifs is 2. The van der Waals surface area contributed by atoms with E-state index in [2.05, 4.69) is 5.32 Å². The summed E-state index contributed by atoms with van der Waals surface area (Å²) < 4.78 is 13.5. The lowest BCUT2D eigenvalue weighted by Gasteiger charge is -2.29. The largest absolute Gasteiger partial charge is 0.311 e. The van der Waals surface area contributed by atoms with Gasteiger partial charge in [-0.1, -0.05) is 18.2 Å². The molecule has 2 fully saturated rings. The minimum Gasteiger partial charge on any atom is -0.311 e. The van der Waals surface area contributed by atoms with Crippen LogP contribution in [0.5, 0.6) is 0 Å². The summed E-state index contributed by atoms with van der Waals surface area (Å²) in [4.78, 5) is 0. The van der Waals surface area contributed by atoms with Crippen molar-refractivity contribution >= 4 is 12.4 Å². The highest BCUT2D eigenvalue weighted by Crippen LogP contribution is 2.33. The second-order valence-electron chi connectivity index (χ2n) is 5.61. The van der Waals surface area contributed by atoms with Gasteiger partial charge in [-0.25, -0.2) is 4.39 Å². The average Bonchev–Trinajstić information content (AvgIpc) is 2.68. The van der Waals surface area contributed by atoms with E-state index in [4.69, 9.17) is 0 Å². The Labute approximate surface area is 115 Å². The molecule has 2 heterocycles. The van der Waals surface area contributed by atoms with Crippen molar-refractivity contribution in [1.82, 2.24) is 5.32 Å². The van der Waals surface area contributed by atoms with Crippen LogP contribution in [0.1, 0.15) is 37.7 Å². The molecule has 3 heteroatoms. The predicted molar refractivity (Wildman–Crippen MR) is 74.6 cm³/mol. The average molecular weight is 270 g/mol. The van der Waals surface area contributed by atoms with Crippen LogP contribution in [0.4, 0.5) is 4.39 Å². The Morgan fingerprint density at radius 2 is 1.78 bits per heavy atom. The second-order valence-corrected chi connectivity index (χ2v) is 5.61. The summed E-state index contributed by atoms with van der Waals surface area (Å²) >= 11 is 0. The quantitative estimate of drug-likeness (QED) is 0.882. The molecule has 2 bridgehead atoms. The molecule has 1 aromatic carbocycles. The molecule has 2 aliphatic rings. The van der Waals surface area contributed by atoms with Gasteiger partial charge in [0.1, 0.15) is 5.82 Å². The molecule has 1 unspecified atom stereocenters. The van der Waals surface area contributed by atoms with Crippen molar-refractivity contribution in [2.75, 3.05) is 0 Å². The zero-order chi connectivity index (χ0) is 11.7. The third-order valence-corrected chi connectivity index (χ3v) is 4.35. The molecule has 0 saturated carbocycles. The molecule has 0 spiro atoms. The number of hydrogen-bond donors (Lipinski definition) is 1. The van der Waals surface area contributed by atoms with Crippen LogP contribution in [0, 0.1) is 11.7 Å². The molecule has 2 aliphatic heterocycles. The molecule has 1 aromatic rings. The van der Waals surface area contributed by atoms with Gasteiger partial charge in [-0.2, -0.15) is 0 Å². The van der Waals surface area contributed by atoms with Crippen LogP contribution < -0.4 is 5.32 Å². The fourth-order valence-electron chi connectivity index (χ4n) is 3.47. The van der Waals surface area contributed by atoms with Gasteiger partial charge < -0.3 is 5.32 Å². The molecule has 3 rings (SSSR count). The molecule has 0 aromatic heterocycles. The van der Waals surface area contributed by atoms with E-state index in [1.165, 1.54) is 25.7 Å². The summed E-state index contributed by atoms with van der Waals surface area (Å²) in [6.45, 7) is 0. The van der Waals surface area contributed by atoms with Gasteiger partial charge in [-0.05, 0) is 56.1 Å². The normalized spacial score (nSPS) is 29.9. The van der Waals surface area contributed by atoms with Crippen molar-refractivity contribution in [3.63, 3.8) is 0 Å². The first-order valence-corrected chi connectivity index (χ1v) is 6.80. The Morgan fingerprint density at radius 1 is 1.11 bits per heavy atom. The third-order valence-electron chi connectivity index (χ3n) is 4.35. The van der Waals surface area contributed by atoms with E-state index in [0.29, 0.717) is 0 Å². The number of rotatable bonds is 3. The van der Waals surface area contributed by atoms with Crippen LogP contribution in [0.25, 0.3) is 0 Å². The molecule has 1 nitrogen and oxygen atoms in total. The molecule has 2 saturated heterocycles. The van der Waals surface area contributed by atoms with Crippen LogP contribution in [0.3, 0.4) is 0 Å². The number of benzene rings is 1. The highest BCUT2D eigenvalue weighted by Gasteiger charge is 2.32. The van der Waals surface area contributed by atoms with E-state index in [1.54, 1.807) is 12.1 Å². The van der Waals surface area contributed by atoms with E-state index < -0.39 is 0 Å². The molecule has 18 heavy (non-hydrogen) atoms. The summed E-state index contributed by atoms with van der Waals surface area (Å²) in [6, 6.07) is 8.69. The van der Waals surface area contributed by atoms with Crippen LogP contribution in [-0.4, -0.2) is 12.1 Å². The van der Waals surface area contributed by atoms with E-state index >= 15 is 0 Å². The molecule has 100 valence electrons. The number of hydrogen-bond acceptors (Lipinski definition) is 1. The molecule has 3 atom stereocenters. The summed E-state index contributed by atoms with van der Waals surface area (Å²) in [5, 5.41) is 3.66. The topological polar surface area (TPSA) is 12.0 Å². The van der Waals surface area contributed by atoms with E-state index in [-0.39, 0.29) is 18.2 Å². The van der Waals surface area contributed by atoms with Crippen LogP contribution in [0.15, 0.2) is 24.3 Å². The smallest absolute Gasteiger partial charge is 0.126 e. The highest BCUT2D eigenvalue weighted by atomic mass is 35.5. The Balaban J connectivity index is 0.00000120. The van der Waals surface area contributed by atoms with Crippen molar-refractivity contribution < 1.29 is 4.39 Å². The van der Waals surface area contributed by atoms with E-state index in [0.717, 1.165) is 36.4 Å².